The first-order valence-electron chi connectivity index (χ1n) is 24.5. The summed E-state index contributed by atoms with van der Waals surface area (Å²) < 4.78 is 21.5. The zero-order valence-electron chi connectivity index (χ0n) is 38.9. The maximum absolute atomic E-state index is 15.4. The van der Waals surface area contributed by atoms with Crippen LogP contribution >= 0.6 is 0 Å². The maximum atomic E-state index is 15.4. The Morgan fingerprint density at radius 1 is 0.908 bits per heavy atom. The molecule has 0 bridgehead atoms. The van der Waals surface area contributed by atoms with Crippen LogP contribution in [0.4, 0.5) is 0 Å². The van der Waals surface area contributed by atoms with Crippen molar-refractivity contribution in [2.45, 2.75) is 129 Å². The van der Waals surface area contributed by atoms with Crippen molar-refractivity contribution < 1.29 is 34.1 Å². The van der Waals surface area contributed by atoms with Crippen LogP contribution in [0, 0.1) is 37.5 Å². The quantitative estimate of drug-likeness (QED) is 0.0487. The highest BCUT2D eigenvalue weighted by molar-refractivity contribution is 6.03. The molecule has 6 atom stereocenters. The largest absolute Gasteiger partial charge is 0.459 e. The molecule has 4 aromatic carbocycles. The molecule has 4 aromatic rings. The molecule has 3 aliphatic carbocycles. The van der Waals surface area contributed by atoms with Gasteiger partial charge >= 0.3 is 0 Å². The summed E-state index contributed by atoms with van der Waals surface area (Å²) in [6, 6.07) is 26.5. The number of unbranched alkanes of at least 4 members (excludes halogenated alkanes) is 2. The van der Waals surface area contributed by atoms with Crippen LogP contribution < -0.4 is 9.47 Å². The van der Waals surface area contributed by atoms with E-state index in [4.69, 9.17) is 24.2 Å². The molecular weight excluding hydrogens is 813 g/mol. The van der Waals surface area contributed by atoms with E-state index < -0.39 is 17.7 Å². The zero-order valence-corrected chi connectivity index (χ0v) is 38.9. The molecular formula is C56H70N2O7. The minimum atomic E-state index is -1.34. The van der Waals surface area contributed by atoms with Gasteiger partial charge in [-0.05, 0) is 134 Å². The fourth-order valence-corrected chi connectivity index (χ4v) is 11.5. The van der Waals surface area contributed by atoms with Gasteiger partial charge in [-0.2, -0.15) is 0 Å². The van der Waals surface area contributed by atoms with Gasteiger partial charge in [-0.3, -0.25) is 4.79 Å². The van der Waals surface area contributed by atoms with E-state index in [1.165, 1.54) is 31.2 Å². The van der Waals surface area contributed by atoms with E-state index >= 15 is 4.79 Å². The van der Waals surface area contributed by atoms with Crippen molar-refractivity contribution in [2.75, 3.05) is 26.4 Å². The number of aliphatic hydroxyl groups excluding tert-OH is 2. The van der Waals surface area contributed by atoms with E-state index in [2.05, 4.69) is 92.1 Å². The third-order valence-electron chi connectivity index (χ3n) is 14.8. The van der Waals surface area contributed by atoms with E-state index in [0.29, 0.717) is 56.3 Å². The number of nitrogens with zero attached hydrogens (tertiary/aromatic N) is 2. The number of aryl methyl sites for hydroxylation is 2. The van der Waals surface area contributed by atoms with Crippen LogP contribution in [0.1, 0.15) is 119 Å². The fraction of sp³-hybridized carbons (Fsp3) is 0.500. The Hall–Kier alpha value is -4.96. The number of hydrogen-bond acceptors (Lipinski definition) is 8. The van der Waals surface area contributed by atoms with Gasteiger partial charge in [0.25, 0.3) is 0 Å². The molecule has 4 aliphatic rings. The van der Waals surface area contributed by atoms with Gasteiger partial charge in [-0.25, -0.2) is 0 Å². The second-order valence-corrected chi connectivity index (χ2v) is 18.9. The number of fused-ring (bicyclic) bond motifs is 3. The van der Waals surface area contributed by atoms with E-state index in [9.17, 15) is 10.2 Å². The van der Waals surface area contributed by atoms with Crippen LogP contribution in [0.3, 0.4) is 0 Å². The predicted octanol–water partition coefficient (Wildman–Crippen LogP) is 11.9. The fourth-order valence-electron chi connectivity index (χ4n) is 11.5. The molecule has 1 amide bonds. The van der Waals surface area contributed by atoms with Crippen LogP contribution in [0.15, 0.2) is 108 Å². The van der Waals surface area contributed by atoms with Gasteiger partial charge in [0, 0.05) is 44.1 Å². The minimum absolute atomic E-state index is 0.0832. The summed E-state index contributed by atoms with van der Waals surface area (Å²) >= 11 is 0. The third-order valence-corrected chi connectivity index (χ3v) is 14.8. The third kappa shape index (κ3) is 10.1. The SMILES string of the molecule is C=CCOC12Oc3ccc(Oc4ccc(C)c(C)c4)cc3C3C(CCCCO)C(CCCCO)C=C(C(=NOCC)CC1N(Cc1cccc4ccccc14)C(=O)CCC1CCCC1)C32. The molecule has 0 saturated heterocycles. The maximum Gasteiger partial charge on any atom is 0.239 e. The van der Waals surface area contributed by atoms with Gasteiger partial charge in [0.1, 0.15) is 29.9 Å². The standard InChI is InChI=1S/C56H70N2O7/c1-5-32-62-56-52(58(53(61)29-25-40-16-7-8-17-40)37-43-21-15-20-41-18-9-10-22-46(41)43)36-50(57-63-6-2)48-34-42(19-11-13-30-59)47(23-12-14-31-60)54(55(48)56)49-35-45(27-28-51(49)65-56)64-44-26-24-38(3)39(4)33-44/h5,9-10,15,18,20-22,24,26-28,33-35,40,42,47,52,54-55,59-60H,1,6-8,11-14,16-17,19,23,25,29-32,36-37H2,2-4H3. The summed E-state index contributed by atoms with van der Waals surface area (Å²) in [5.74, 6) is 1.19. The number of carbonyl (C=O) groups is 1. The summed E-state index contributed by atoms with van der Waals surface area (Å²) in [4.78, 5) is 23.5. The second-order valence-electron chi connectivity index (χ2n) is 18.9. The Bertz CT molecular complexity index is 2330. The lowest BCUT2D eigenvalue weighted by Crippen LogP contribution is -2.70. The molecule has 2 fully saturated rings. The van der Waals surface area contributed by atoms with Gasteiger partial charge < -0.3 is 34.2 Å². The highest BCUT2D eigenvalue weighted by atomic mass is 16.7. The Kier molecular flexibility index (Phi) is 15.4. The zero-order chi connectivity index (χ0) is 45.3. The Balaban J connectivity index is 1.33. The molecule has 2 N–H and O–H groups in total. The number of amides is 1. The number of allylic oxidation sites excluding steroid dienone is 1. The summed E-state index contributed by atoms with van der Waals surface area (Å²) in [6.45, 7) is 11.5. The average molecular weight is 883 g/mol. The molecule has 346 valence electrons. The number of rotatable bonds is 21. The highest BCUT2D eigenvalue weighted by Gasteiger charge is 2.65. The highest BCUT2D eigenvalue weighted by Crippen LogP contribution is 2.62. The molecule has 65 heavy (non-hydrogen) atoms. The molecule has 9 heteroatoms. The predicted molar refractivity (Wildman–Crippen MR) is 258 cm³/mol. The molecule has 1 aliphatic heterocycles. The molecule has 9 nitrogen and oxygen atoms in total. The Morgan fingerprint density at radius 2 is 1.66 bits per heavy atom. The second kappa shape index (κ2) is 21.6. The van der Waals surface area contributed by atoms with Gasteiger partial charge in [-0.15, -0.1) is 6.58 Å². The number of oxime groups is 1. The molecule has 1 heterocycles. The van der Waals surface area contributed by atoms with Gasteiger partial charge in [0.05, 0.1) is 18.2 Å². The van der Waals surface area contributed by atoms with Crippen molar-refractivity contribution in [3.05, 3.63) is 125 Å². The van der Waals surface area contributed by atoms with Crippen LogP contribution in [0.5, 0.6) is 17.2 Å². The lowest BCUT2D eigenvalue weighted by molar-refractivity contribution is -0.258. The number of ether oxygens (including phenoxy) is 3. The Morgan fingerprint density at radius 3 is 2.43 bits per heavy atom. The first-order chi connectivity index (χ1) is 31.8. The van der Waals surface area contributed by atoms with E-state index in [-0.39, 0.29) is 43.5 Å². The molecule has 0 aromatic heterocycles. The number of aliphatic hydroxyl groups is 2. The number of benzene rings is 4. The topological polar surface area (TPSA) is 110 Å². The van der Waals surface area contributed by atoms with Crippen molar-refractivity contribution in [1.82, 2.24) is 4.90 Å². The van der Waals surface area contributed by atoms with Crippen molar-refractivity contribution in [2.24, 2.45) is 28.8 Å². The number of carbonyl (C=O) groups excluding carboxylic acids is 1. The normalized spacial score (nSPS) is 24.2. The average Bonchev–Trinajstić information content (AvgIpc) is 3.85. The lowest BCUT2D eigenvalue weighted by atomic mass is 9.55. The summed E-state index contributed by atoms with van der Waals surface area (Å²) in [6.07, 6.45) is 15.5. The lowest BCUT2D eigenvalue weighted by Gasteiger charge is -2.60. The molecule has 0 spiro atoms. The van der Waals surface area contributed by atoms with Crippen molar-refractivity contribution in [3.63, 3.8) is 0 Å². The van der Waals surface area contributed by atoms with Crippen LogP contribution in [-0.2, 0) is 20.9 Å². The van der Waals surface area contributed by atoms with Crippen LogP contribution in [0.2, 0.25) is 0 Å². The van der Waals surface area contributed by atoms with E-state index in [1.54, 1.807) is 6.08 Å². The van der Waals surface area contributed by atoms with E-state index in [1.807, 2.05) is 25.1 Å². The molecule has 6 unspecified atom stereocenters. The smallest absolute Gasteiger partial charge is 0.239 e. The summed E-state index contributed by atoms with van der Waals surface area (Å²) in [7, 11) is 0. The molecule has 8 rings (SSSR count). The van der Waals surface area contributed by atoms with Crippen LogP contribution in [0.25, 0.3) is 10.8 Å². The first kappa shape index (κ1) is 46.6. The first-order valence-corrected chi connectivity index (χ1v) is 24.5. The van der Waals surface area contributed by atoms with Gasteiger partial charge in [-0.1, -0.05) is 104 Å². The van der Waals surface area contributed by atoms with E-state index in [0.717, 1.165) is 76.6 Å². The van der Waals surface area contributed by atoms with Gasteiger partial charge in [0.15, 0.2) is 0 Å². The summed E-state index contributed by atoms with van der Waals surface area (Å²) in [5, 5.41) is 27.2. The molecule has 0 radical (unpaired) electrons. The summed E-state index contributed by atoms with van der Waals surface area (Å²) in [5.41, 5.74) is 6.30. The van der Waals surface area contributed by atoms with Crippen molar-refractivity contribution in [1.29, 1.82) is 0 Å². The van der Waals surface area contributed by atoms with Crippen LogP contribution in [-0.4, -0.2) is 65.0 Å². The monoisotopic (exact) mass is 883 g/mol. The Labute approximate surface area is 386 Å². The van der Waals surface area contributed by atoms with Crippen molar-refractivity contribution in [3.8, 4) is 17.2 Å². The van der Waals surface area contributed by atoms with Gasteiger partial charge in [0.2, 0.25) is 11.7 Å². The number of hydrogen-bond donors (Lipinski definition) is 2. The van der Waals surface area contributed by atoms with Crippen molar-refractivity contribution >= 4 is 22.4 Å². The minimum Gasteiger partial charge on any atom is -0.459 e. The molecule has 2 saturated carbocycles.